The Kier molecular flexibility index (Phi) is 3.77. The number of nitrogens with zero attached hydrogens (tertiary/aromatic N) is 1. The Balaban J connectivity index is 1.54. The molecule has 2 aliphatic rings. The number of hydrogen-bond donors (Lipinski definition) is 1. The van der Waals surface area contributed by atoms with Crippen LogP contribution < -0.4 is 14.8 Å². The second kappa shape index (κ2) is 5.83. The Morgan fingerprint density at radius 3 is 2.62 bits per heavy atom. The molecule has 1 spiro atoms. The molecule has 1 fully saturated rings. The van der Waals surface area contributed by atoms with Gasteiger partial charge in [0, 0.05) is 24.6 Å². The molecule has 1 amide bonds. The monoisotopic (exact) mass is 364 g/mol. The number of ether oxygens (including phenoxy) is 2. The molecule has 2 aromatic rings. The number of nitrogens with one attached hydrogen (secondary N) is 1. The highest BCUT2D eigenvalue weighted by Gasteiger charge is 2.44. The predicted molar refractivity (Wildman–Crippen MR) is 91.1 cm³/mol. The normalized spacial score (nSPS) is 17.2. The number of halogens is 2. The van der Waals surface area contributed by atoms with Crippen molar-refractivity contribution in [2.45, 2.75) is 31.5 Å². The first kappa shape index (κ1) is 15.5. The fourth-order valence-electron chi connectivity index (χ4n) is 3.06. The lowest BCUT2D eigenvalue weighted by Gasteiger charge is -2.21. The number of carbonyl (C=O) groups is 1. The Morgan fingerprint density at radius 1 is 1.08 bits per heavy atom. The smallest absolute Gasteiger partial charge is 0.275 e. The molecule has 1 aliphatic heterocycles. The van der Waals surface area contributed by atoms with Crippen LogP contribution in [0, 0.1) is 0 Å². The van der Waals surface area contributed by atoms with E-state index in [0.29, 0.717) is 17.2 Å². The quantitative estimate of drug-likeness (QED) is 0.785. The second-order valence-corrected chi connectivity index (χ2v) is 6.70. The summed E-state index contributed by atoms with van der Waals surface area (Å²) in [7, 11) is 0. The Bertz CT molecular complexity index is 819. The summed E-state index contributed by atoms with van der Waals surface area (Å²) < 4.78 is 11.9. The zero-order valence-corrected chi connectivity index (χ0v) is 14.2. The van der Waals surface area contributed by atoms with E-state index in [-0.39, 0.29) is 15.9 Å². The Labute approximate surface area is 148 Å². The van der Waals surface area contributed by atoms with Crippen LogP contribution in [0.3, 0.4) is 0 Å². The minimum Gasteiger partial charge on any atom is -0.448 e. The minimum absolute atomic E-state index is 0.0779. The average Bonchev–Trinajstić information content (AvgIpc) is 3.15. The van der Waals surface area contributed by atoms with E-state index in [1.807, 2.05) is 0 Å². The van der Waals surface area contributed by atoms with Gasteiger partial charge in [0.1, 0.15) is 10.8 Å². The van der Waals surface area contributed by atoms with Crippen molar-refractivity contribution in [3.05, 3.63) is 46.2 Å². The number of carbonyl (C=O) groups excluding carboxylic acids is 1. The van der Waals surface area contributed by atoms with Crippen LogP contribution >= 0.6 is 23.2 Å². The summed E-state index contributed by atoms with van der Waals surface area (Å²) in [6.45, 7) is 0. The van der Waals surface area contributed by atoms with E-state index in [1.54, 1.807) is 18.2 Å². The molecular weight excluding hydrogens is 351 g/mol. The molecule has 7 heteroatoms. The van der Waals surface area contributed by atoms with Crippen LogP contribution in [-0.2, 0) is 0 Å². The zero-order valence-electron chi connectivity index (χ0n) is 12.6. The van der Waals surface area contributed by atoms with E-state index >= 15 is 0 Å². The van der Waals surface area contributed by atoms with Gasteiger partial charge in [-0.05, 0) is 37.1 Å². The summed E-state index contributed by atoms with van der Waals surface area (Å²) in [5.74, 6) is 0.383. The van der Waals surface area contributed by atoms with E-state index < -0.39 is 11.7 Å². The van der Waals surface area contributed by atoms with E-state index in [9.17, 15) is 4.79 Å². The molecule has 0 unspecified atom stereocenters. The summed E-state index contributed by atoms with van der Waals surface area (Å²) in [6, 6.07) is 8.37. The summed E-state index contributed by atoms with van der Waals surface area (Å²) in [5.41, 5.74) is 0.657. The molecule has 1 aliphatic carbocycles. The van der Waals surface area contributed by atoms with Crippen LogP contribution in [0.1, 0.15) is 36.2 Å². The fourth-order valence-corrected chi connectivity index (χ4v) is 3.40. The maximum Gasteiger partial charge on any atom is 0.275 e. The molecule has 1 saturated carbocycles. The lowest BCUT2D eigenvalue weighted by Crippen LogP contribution is -2.34. The second-order valence-electron chi connectivity index (χ2n) is 5.90. The van der Waals surface area contributed by atoms with Gasteiger partial charge < -0.3 is 14.8 Å². The van der Waals surface area contributed by atoms with Crippen LogP contribution in [0.5, 0.6) is 11.5 Å². The summed E-state index contributed by atoms with van der Waals surface area (Å²) >= 11 is 11.8. The highest BCUT2D eigenvalue weighted by molar-refractivity contribution is 6.35. The van der Waals surface area contributed by atoms with Gasteiger partial charge in [0.15, 0.2) is 11.5 Å². The molecule has 0 radical (unpaired) electrons. The molecule has 24 heavy (non-hydrogen) atoms. The molecule has 1 aromatic heterocycles. The van der Waals surface area contributed by atoms with Crippen molar-refractivity contribution in [2.24, 2.45) is 0 Å². The maximum atomic E-state index is 12.3. The van der Waals surface area contributed by atoms with Crippen molar-refractivity contribution >= 4 is 34.8 Å². The van der Waals surface area contributed by atoms with Crippen LogP contribution in [0.4, 0.5) is 5.69 Å². The third-order valence-corrected chi connectivity index (χ3v) is 4.70. The lowest BCUT2D eigenvalue weighted by molar-refractivity contribution is -0.0716. The number of anilines is 1. The van der Waals surface area contributed by atoms with E-state index in [2.05, 4.69) is 10.3 Å². The predicted octanol–water partition coefficient (Wildman–Crippen LogP) is 4.68. The number of benzene rings is 1. The van der Waals surface area contributed by atoms with Crippen molar-refractivity contribution < 1.29 is 14.3 Å². The first-order chi connectivity index (χ1) is 11.5. The van der Waals surface area contributed by atoms with Gasteiger partial charge in [-0.2, -0.15) is 0 Å². The largest absolute Gasteiger partial charge is 0.448 e. The third-order valence-electron chi connectivity index (χ3n) is 4.19. The molecule has 5 nitrogen and oxygen atoms in total. The van der Waals surface area contributed by atoms with Crippen LogP contribution in [-0.4, -0.2) is 16.7 Å². The van der Waals surface area contributed by atoms with Gasteiger partial charge in [0.25, 0.3) is 11.7 Å². The van der Waals surface area contributed by atoms with E-state index in [0.717, 1.165) is 25.7 Å². The molecule has 1 N–H and O–H groups in total. The van der Waals surface area contributed by atoms with E-state index in [1.165, 1.54) is 12.1 Å². The molecular formula is C17H14Cl2N2O3. The summed E-state index contributed by atoms with van der Waals surface area (Å²) in [4.78, 5) is 16.3. The molecule has 4 rings (SSSR count). The highest BCUT2D eigenvalue weighted by Crippen LogP contribution is 2.47. The number of rotatable bonds is 2. The lowest BCUT2D eigenvalue weighted by atomic mass is 10.2. The molecule has 0 saturated heterocycles. The van der Waals surface area contributed by atoms with Gasteiger partial charge in [-0.3, -0.25) is 4.79 Å². The van der Waals surface area contributed by atoms with Crippen molar-refractivity contribution in [1.82, 2.24) is 4.98 Å². The number of hydrogen-bond acceptors (Lipinski definition) is 4. The SMILES string of the molecule is O=C(Nc1ccc2c(c1)OC1(CCCC1)O2)c1nc(Cl)ccc1Cl. The Hall–Kier alpha value is -1.98. The van der Waals surface area contributed by atoms with E-state index in [4.69, 9.17) is 32.7 Å². The van der Waals surface area contributed by atoms with Gasteiger partial charge in [-0.1, -0.05) is 23.2 Å². The highest BCUT2D eigenvalue weighted by atomic mass is 35.5. The van der Waals surface area contributed by atoms with Crippen LogP contribution in [0.15, 0.2) is 30.3 Å². The average molecular weight is 365 g/mol. The number of pyridine rings is 1. The summed E-state index contributed by atoms with van der Waals surface area (Å²) in [6.07, 6.45) is 3.95. The molecule has 124 valence electrons. The molecule has 2 heterocycles. The number of amides is 1. The van der Waals surface area contributed by atoms with Gasteiger partial charge >= 0.3 is 0 Å². The van der Waals surface area contributed by atoms with Crippen LogP contribution in [0.25, 0.3) is 0 Å². The van der Waals surface area contributed by atoms with Crippen LogP contribution in [0.2, 0.25) is 10.2 Å². The molecule has 0 atom stereocenters. The third kappa shape index (κ3) is 2.78. The maximum absolute atomic E-state index is 12.3. The van der Waals surface area contributed by atoms with Crippen molar-refractivity contribution in [3.8, 4) is 11.5 Å². The van der Waals surface area contributed by atoms with Gasteiger partial charge in [-0.15, -0.1) is 0 Å². The van der Waals surface area contributed by atoms with Crippen molar-refractivity contribution in [1.29, 1.82) is 0 Å². The van der Waals surface area contributed by atoms with Crippen molar-refractivity contribution in [2.75, 3.05) is 5.32 Å². The molecule has 0 bridgehead atoms. The topological polar surface area (TPSA) is 60.5 Å². The van der Waals surface area contributed by atoms with Gasteiger partial charge in [-0.25, -0.2) is 4.98 Å². The first-order valence-corrected chi connectivity index (χ1v) is 8.46. The molecule has 1 aromatic carbocycles. The minimum atomic E-state index is -0.525. The first-order valence-electron chi connectivity index (χ1n) is 7.70. The number of fused-ring (bicyclic) bond motifs is 1. The standard InChI is InChI=1S/C17H14Cl2N2O3/c18-11-4-6-14(19)21-15(11)16(22)20-10-3-5-12-13(9-10)24-17(23-12)7-1-2-8-17/h3-6,9H,1-2,7-8H2,(H,20,22). The zero-order chi connectivity index (χ0) is 16.7. The van der Waals surface area contributed by atoms with Gasteiger partial charge in [0.2, 0.25) is 0 Å². The van der Waals surface area contributed by atoms with Crippen molar-refractivity contribution in [3.63, 3.8) is 0 Å². The number of aromatic nitrogens is 1. The Morgan fingerprint density at radius 2 is 1.83 bits per heavy atom. The van der Waals surface area contributed by atoms with Gasteiger partial charge in [0.05, 0.1) is 5.02 Å². The fraction of sp³-hybridized carbons (Fsp3) is 0.294. The summed E-state index contributed by atoms with van der Waals surface area (Å²) in [5, 5.41) is 3.20.